The van der Waals surface area contributed by atoms with Gasteiger partial charge in [0, 0.05) is 23.1 Å². The van der Waals surface area contributed by atoms with Gasteiger partial charge in [0.2, 0.25) is 5.76 Å². The van der Waals surface area contributed by atoms with Crippen LogP contribution in [-0.4, -0.2) is 30.1 Å². The number of hydrogen-bond donors (Lipinski definition) is 2. The number of amides is 1. The first kappa shape index (κ1) is 18.1. The van der Waals surface area contributed by atoms with Crippen LogP contribution in [-0.2, 0) is 4.79 Å². The molecule has 6 nitrogen and oxygen atoms in total. The van der Waals surface area contributed by atoms with Crippen molar-refractivity contribution in [2.45, 2.75) is 25.3 Å². The van der Waals surface area contributed by atoms with E-state index in [4.69, 9.17) is 9.15 Å². The van der Waals surface area contributed by atoms with Gasteiger partial charge in [-0.2, -0.15) is 0 Å². The van der Waals surface area contributed by atoms with Crippen molar-refractivity contribution in [3.05, 3.63) is 54.3 Å². The van der Waals surface area contributed by atoms with Crippen molar-refractivity contribution >= 4 is 22.8 Å². The fourth-order valence-corrected chi connectivity index (χ4v) is 3.84. The molecular weight excluding hydrogens is 358 g/mol. The minimum atomic E-state index is -0.808. The summed E-state index contributed by atoms with van der Waals surface area (Å²) in [6.45, 7) is 0. The predicted octanol–water partition coefficient (Wildman–Crippen LogP) is 4.09. The van der Waals surface area contributed by atoms with E-state index in [-0.39, 0.29) is 17.7 Å². The minimum Gasteiger partial charge on any atom is -0.497 e. The number of hydrogen-bond acceptors (Lipinski definition) is 4. The molecule has 144 valence electrons. The molecule has 1 amide bonds. The van der Waals surface area contributed by atoms with Gasteiger partial charge < -0.3 is 19.6 Å². The Kier molecular flexibility index (Phi) is 4.77. The fraction of sp³-hybridized carbons (Fsp3) is 0.273. The lowest BCUT2D eigenvalue weighted by Crippen LogP contribution is -2.33. The van der Waals surface area contributed by atoms with Gasteiger partial charge in [0.1, 0.15) is 11.3 Å². The van der Waals surface area contributed by atoms with Crippen LogP contribution in [0.5, 0.6) is 5.75 Å². The maximum Gasteiger partial charge on any atom is 0.306 e. The van der Waals surface area contributed by atoms with Crippen LogP contribution in [0.4, 0.5) is 0 Å². The summed E-state index contributed by atoms with van der Waals surface area (Å²) >= 11 is 0. The standard InChI is InChI=1S/C22H21NO5/c1-27-16-9-10-17-18(12-16)28-20(19(17)13-5-3-2-4-6-13)21(24)23-15-8-7-14(11-15)22(25)26/h2-6,9-10,12,14-15H,7-8,11H2,1H3,(H,23,24)(H,25,26)/t14-,15+/m0/s1. The van der Waals surface area contributed by atoms with E-state index in [0.717, 1.165) is 16.5 Å². The second kappa shape index (κ2) is 7.38. The van der Waals surface area contributed by atoms with Crippen LogP contribution in [0.1, 0.15) is 29.8 Å². The zero-order valence-electron chi connectivity index (χ0n) is 15.5. The number of rotatable bonds is 5. The highest BCUT2D eigenvalue weighted by molar-refractivity contribution is 6.08. The molecule has 1 aliphatic rings. The van der Waals surface area contributed by atoms with Crippen molar-refractivity contribution in [1.29, 1.82) is 0 Å². The molecule has 2 atom stereocenters. The number of carboxylic acid groups (broad SMARTS) is 1. The van der Waals surface area contributed by atoms with Crippen LogP contribution in [0.15, 0.2) is 52.9 Å². The number of ether oxygens (including phenoxy) is 1. The first-order valence-corrected chi connectivity index (χ1v) is 9.26. The van der Waals surface area contributed by atoms with Crippen LogP contribution < -0.4 is 10.1 Å². The smallest absolute Gasteiger partial charge is 0.306 e. The van der Waals surface area contributed by atoms with Gasteiger partial charge in [0.15, 0.2) is 0 Å². The average molecular weight is 379 g/mol. The summed E-state index contributed by atoms with van der Waals surface area (Å²) in [6, 6.07) is 14.9. The van der Waals surface area contributed by atoms with Crippen molar-refractivity contribution in [1.82, 2.24) is 5.32 Å². The summed E-state index contributed by atoms with van der Waals surface area (Å²) < 4.78 is 11.2. The first-order valence-electron chi connectivity index (χ1n) is 9.26. The number of carbonyl (C=O) groups excluding carboxylic acids is 1. The van der Waals surface area contributed by atoms with Crippen molar-refractivity contribution < 1.29 is 23.8 Å². The molecule has 0 saturated heterocycles. The number of benzene rings is 2. The SMILES string of the molecule is COc1ccc2c(-c3ccccc3)c(C(=O)N[C@@H]3CC[C@H](C(=O)O)C3)oc2c1. The van der Waals surface area contributed by atoms with Gasteiger partial charge in [-0.05, 0) is 37.0 Å². The van der Waals surface area contributed by atoms with Gasteiger partial charge in [0.05, 0.1) is 13.0 Å². The van der Waals surface area contributed by atoms with Gasteiger partial charge >= 0.3 is 5.97 Å². The van der Waals surface area contributed by atoms with Crippen LogP contribution in [0, 0.1) is 5.92 Å². The van der Waals surface area contributed by atoms with Crippen LogP contribution in [0.3, 0.4) is 0 Å². The fourth-order valence-electron chi connectivity index (χ4n) is 3.84. The normalized spacial score (nSPS) is 18.9. The van der Waals surface area contributed by atoms with Gasteiger partial charge in [-0.1, -0.05) is 30.3 Å². The summed E-state index contributed by atoms with van der Waals surface area (Å²) in [7, 11) is 1.58. The summed E-state index contributed by atoms with van der Waals surface area (Å²) in [4.78, 5) is 24.2. The number of methoxy groups -OCH3 is 1. The monoisotopic (exact) mass is 379 g/mol. The first-order chi connectivity index (χ1) is 13.6. The maximum absolute atomic E-state index is 13.0. The van der Waals surface area contributed by atoms with Crippen molar-refractivity contribution in [2.24, 2.45) is 5.92 Å². The molecule has 1 fully saturated rings. The van der Waals surface area contributed by atoms with Gasteiger partial charge in [0.25, 0.3) is 5.91 Å². The van der Waals surface area contributed by atoms with Crippen LogP contribution in [0.2, 0.25) is 0 Å². The summed E-state index contributed by atoms with van der Waals surface area (Å²) in [5, 5.41) is 13.0. The highest BCUT2D eigenvalue weighted by atomic mass is 16.5. The van der Waals surface area contributed by atoms with E-state index in [1.807, 2.05) is 42.5 Å². The Labute approximate surface area is 162 Å². The lowest BCUT2D eigenvalue weighted by molar-refractivity contribution is -0.141. The summed E-state index contributed by atoms with van der Waals surface area (Å²) in [5.41, 5.74) is 2.17. The van der Waals surface area contributed by atoms with Crippen molar-refractivity contribution in [2.75, 3.05) is 7.11 Å². The quantitative estimate of drug-likeness (QED) is 0.697. The van der Waals surface area contributed by atoms with E-state index in [1.165, 1.54) is 0 Å². The average Bonchev–Trinajstić information content (AvgIpc) is 3.32. The Morgan fingerprint density at radius 3 is 2.61 bits per heavy atom. The molecule has 0 spiro atoms. The zero-order chi connectivity index (χ0) is 19.7. The molecule has 6 heteroatoms. The minimum absolute atomic E-state index is 0.167. The lowest BCUT2D eigenvalue weighted by Gasteiger charge is -2.12. The van der Waals surface area contributed by atoms with E-state index in [0.29, 0.717) is 30.6 Å². The zero-order valence-corrected chi connectivity index (χ0v) is 15.5. The molecule has 3 aromatic rings. The third kappa shape index (κ3) is 3.33. The van der Waals surface area contributed by atoms with Crippen molar-refractivity contribution in [3.8, 4) is 16.9 Å². The molecule has 0 bridgehead atoms. The Morgan fingerprint density at radius 1 is 1.14 bits per heavy atom. The third-order valence-electron chi connectivity index (χ3n) is 5.28. The topological polar surface area (TPSA) is 88.8 Å². The Bertz CT molecular complexity index is 1020. The molecule has 2 aromatic carbocycles. The van der Waals surface area contributed by atoms with E-state index in [2.05, 4.69) is 5.32 Å². The number of carboxylic acids is 1. The Hall–Kier alpha value is -3.28. The molecule has 0 radical (unpaired) electrons. The number of furan rings is 1. The Balaban J connectivity index is 1.71. The number of aliphatic carboxylic acids is 1. The molecular formula is C22H21NO5. The van der Waals surface area contributed by atoms with Gasteiger partial charge in [-0.25, -0.2) is 0 Å². The summed E-state index contributed by atoms with van der Waals surface area (Å²) in [6.07, 6.45) is 1.66. The second-order valence-electron chi connectivity index (χ2n) is 7.05. The summed E-state index contributed by atoms with van der Waals surface area (Å²) in [5.74, 6) is -0.664. The van der Waals surface area contributed by atoms with E-state index >= 15 is 0 Å². The highest BCUT2D eigenvalue weighted by Crippen LogP contribution is 2.37. The largest absolute Gasteiger partial charge is 0.497 e. The molecule has 1 saturated carbocycles. The van der Waals surface area contributed by atoms with Gasteiger partial charge in [-0.15, -0.1) is 0 Å². The van der Waals surface area contributed by atoms with E-state index < -0.39 is 11.9 Å². The molecule has 0 unspecified atom stereocenters. The van der Waals surface area contributed by atoms with Crippen molar-refractivity contribution in [3.63, 3.8) is 0 Å². The molecule has 2 N–H and O–H groups in total. The molecule has 1 heterocycles. The number of fused-ring (bicyclic) bond motifs is 1. The van der Waals surface area contributed by atoms with E-state index in [9.17, 15) is 14.7 Å². The Morgan fingerprint density at radius 2 is 1.93 bits per heavy atom. The molecule has 0 aliphatic heterocycles. The second-order valence-corrected chi connectivity index (χ2v) is 7.05. The number of carbonyl (C=O) groups is 2. The predicted molar refractivity (Wildman–Crippen MR) is 104 cm³/mol. The molecule has 1 aliphatic carbocycles. The van der Waals surface area contributed by atoms with Gasteiger partial charge in [-0.3, -0.25) is 9.59 Å². The molecule has 28 heavy (non-hydrogen) atoms. The molecule has 4 rings (SSSR count). The maximum atomic E-state index is 13.0. The molecule has 1 aromatic heterocycles. The van der Waals surface area contributed by atoms with E-state index in [1.54, 1.807) is 13.2 Å². The third-order valence-corrected chi connectivity index (χ3v) is 5.28. The lowest BCUT2D eigenvalue weighted by atomic mass is 10.0. The number of nitrogens with one attached hydrogen (secondary N) is 1. The van der Waals surface area contributed by atoms with Crippen LogP contribution >= 0.6 is 0 Å². The highest BCUT2D eigenvalue weighted by Gasteiger charge is 2.32. The van der Waals surface area contributed by atoms with Crippen LogP contribution in [0.25, 0.3) is 22.1 Å².